The molecule has 3 aromatic rings. The van der Waals surface area contributed by atoms with Gasteiger partial charge in [-0.1, -0.05) is 11.6 Å². The number of carbonyl (C=O) groups is 1. The van der Waals surface area contributed by atoms with Crippen LogP contribution in [0.4, 0.5) is 5.69 Å². The second kappa shape index (κ2) is 8.32. The van der Waals surface area contributed by atoms with Gasteiger partial charge in [-0.05, 0) is 34.5 Å². The number of anilines is 1. The van der Waals surface area contributed by atoms with Crippen LogP contribution < -0.4 is 5.32 Å². The minimum atomic E-state index is -0.0690. The van der Waals surface area contributed by atoms with E-state index in [0.29, 0.717) is 12.1 Å². The van der Waals surface area contributed by atoms with Crippen molar-refractivity contribution in [1.82, 2.24) is 14.8 Å². The van der Waals surface area contributed by atoms with Gasteiger partial charge in [0.2, 0.25) is 5.91 Å². The molecule has 0 unspecified atom stereocenters. The van der Waals surface area contributed by atoms with E-state index in [9.17, 15) is 4.79 Å². The molecule has 1 amide bonds. The van der Waals surface area contributed by atoms with E-state index in [1.54, 1.807) is 46.4 Å². The van der Waals surface area contributed by atoms with Crippen LogP contribution in [0, 0.1) is 0 Å². The second-order valence-corrected chi connectivity index (χ2v) is 7.21. The Morgan fingerprint density at radius 1 is 1.42 bits per heavy atom. The number of hydrogen-bond donors (Lipinski definition) is 1. The minimum Gasteiger partial charge on any atom is -0.322 e. The first kappa shape index (κ1) is 17.0. The minimum absolute atomic E-state index is 0.0690. The molecular formula is C16H15ClN4OS2. The molecule has 0 saturated heterocycles. The van der Waals surface area contributed by atoms with Crippen molar-refractivity contribution in [2.45, 2.75) is 12.2 Å². The molecule has 3 rings (SSSR count). The Morgan fingerprint density at radius 2 is 2.33 bits per heavy atom. The highest BCUT2D eigenvalue weighted by molar-refractivity contribution is 7.98. The van der Waals surface area contributed by atoms with Gasteiger partial charge < -0.3 is 5.32 Å². The Balaban J connectivity index is 1.50. The third-order valence-electron chi connectivity index (χ3n) is 3.18. The van der Waals surface area contributed by atoms with Crippen molar-refractivity contribution in [2.24, 2.45) is 0 Å². The summed E-state index contributed by atoms with van der Waals surface area (Å²) >= 11 is 9.52. The molecule has 0 atom stereocenters. The average Bonchev–Trinajstić information content (AvgIpc) is 3.23. The van der Waals surface area contributed by atoms with Crippen LogP contribution in [0.5, 0.6) is 0 Å². The molecule has 124 valence electrons. The lowest BCUT2D eigenvalue weighted by molar-refractivity contribution is -0.115. The number of carbonyl (C=O) groups excluding carboxylic acids is 1. The van der Waals surface area contributed by atoms with Crippen LogP contribution in [-0.2, 0) is 10.5 Å². The first-order valence-corrected chi connectivity index (χ1v) is 9.74. The maximum atomic E-state index is 12.0. The summed E-state index contributed by atoms with van der Waals surface area (Å²) in [5, 5.41) is 11.4. The highest BCUT2D eigenvalue weighted by atomic mass is 35.5. The maximum Gasteiger partial charge on any atom is 0.225 e. The maximum absolute atomic E-state index is 12.0. The van der Waals surface area contributed by atoms with Gasteiger partial charge in [-0.15, -0.1) is 0 Å². The van der Waals surface area contributed by atoms with Gasteiger partial charge in [0, 0.05) is 24.1 Å². The van der Waals surface area contributed by atoms with Gasteiger partial charge in [0.25, 0.3) is 0 Å². The quantitative estimate of drug-likeness (QED) is 0.624. The molecule has 3 heterocycles. The highest BCUT2D eigenvalue weighted by Crippen LogP contribution is 2.22. The zero-order valence-electron chi connectivity index (χ0n) is 12.7. The Labute approximate surface area is 153 Å². The molecule has 0 bridgehead atoms. The largest absolute Gasteiger partial charge is 0.322 e. The van der Waals surface area contributed by atoms with Crippen molar-refractivity contribution in [3.05, 3.63) is 58.3 Å². The predicted octanol–water partition coefficient (Wildman–Crippen LogP) is 4.24. The number of halogens is 1. The predicted molar refractivity (Wildman–Crippen MR) is 100 cm³/mol. The van der Waals surface area contributed by atoms with Crippen LogP contribution in [0.1, 0.15) is 12.0 Å². The number of aromatic nitrogens is 3. The standard InChI is InChI=1S/C16H15ClN4OS2/c17-16-14(9-21(20-16)13-2-1-5-18-8-13)19-15(22)4-7-24-11-12-3-6-23-10-12/h1-3,5-6,8-10H,4,7,11H2,(H,19,22). The van der Waals surface area contributed by atoms with Gasteiger partial charge in [-0.2, -0.15) is 28.2 Å². The van der Waals surface area contributed by atoms with Crippen molar-refractivity contribution in [3.8, 4) is 5.69 Å². The molecule has 8 heteroatoms. The van der Waals surface area contributed by atoms with Crippen molar-refractivity contribution in [3.63, 3.8) is 0 Å². The first-order chi connectivity index (χ1) is 11.7. The Hall–Kier alpha value is -1.83. The number of rotatable bonds is 7. The van der Waals surface area contributed by atoms with E-state index in [1.807, 2.05) is 12.1 Å². The summed E-state index contributed by atoms with van der Waals surface area (Å²) in [5.41, 5.74) is 2.59. The van der Waals surface area contributed by atoms with Crippen LogP contribution in [-0.4, -0.2) is 26.4 Å². The van der Waals surface area contributed by atoms with E-state index in [2.05, 4.69) is 32.2 Å². The van der Waals surface area contributed by atoms with Crippen LogP contribution in [0.2, 0.25) is 5.15 Å². The number of nitrogens with zero attached hydrogens (tertiary/aromatic N) is 3. The summed E-state index contributed by atoms with van der Waals surface area (Å²) in [6.45, 7) is 0. The lowest BCUT2D eigenvalue weighted by Gasteiger charge is -2.03. The third-order valence-corrected chi connectivity index (χ3v) is 5.22. The smallest absolute Gasteiger partial charge is 0.225 e. The molecular weight excluding hydrogens is 364 g/mol. The third kappa shape index (κ3) is 4.59. The van der Waals surface area contributed by atoms with Crippen LogP contribution in [0.3, 0.4) is 0 Å². The van der Waals surface area contributed by atoms with Crippen LogP contribution >= 0.6 is 34.7 Å². The number of pyridine rings is 1. The van der Waals surface area contributed by atoms with Crippen LogP contribution in [0.15, 0.2) is 47.5 Å². The summed E-state index contributed by atoms with van der Waals surface area (Å²) in [4.78, 5) is 16.1. The van der Waals surface area contributed by atoms with Gasteiger partial charge in [0.05, 0.1) is 23.8 Å². The van der Waals surface area contributed by atoms with E-state index < -0.39 is 0 Å². The SMILES string of the molecule is O=C(CCSCc1ccsc1)Nc1cn(-c2cccnc2)nc1Cl. The number of thioether (sulfide) groups is 1. The summed E-state index contributed by atoms with van der Waals surface area (Å²) < 4.78 is 1.59. The van der Waals surface area contributed by atoms with Crippen molar-refractivity contribution >= 4 is 46.3 Å². The number of hydrogen-bond acceptors (Lipinski definition) is 5. The fraction of sp³-hybridized carbons (Fsp3) is 0.188. The Kier molecular flexibility index (Phi) is 5.90. The van der Waals surface area contributed by atoms with E-state index >= 15 is 0 Å². The monoisotopic (exact) mass is 378 g/mol. The number of thiophene rings is 1. The van der Waals surface area contributed by atoms with E-state index in [-0.39, 0.29) is 11.1 Å². The molecule has 0 aromatic carbocycles. The zero-order chi connectivity index (χ0) is 16.8. The summed E-state index contributed by atoms with van der Waals surface area (Å²) in [6.07, 6.45) is 5.49. The molecule has 0 radical (unpaired) electrons. The Bertz CT molecular complexity index is 790. The molecule has 0 fully saturated rings. The second-order valence-electron chi connectivity index (χ2n) is 4.97. The topological polar surface area (TPSA) is 59.8 Å². The molecule has 1 N–H and O–H groups in total. The fourth-order valence-corrected chi connectivity index (χ4v) is 3.84. The molecule has 0 saturated carbocycles. The lowest BCUT2D eigenvalue weighted by Crippen LogP contribution is -2.12. The van der Waals surface area contributed by atoms with Gasteiger partial charge >= 0.3 is 0 Å². The molecule has 0 aliphatic heterocycles. The molecule has 3 aromatic heterocycles. The summed E-state index contributed by atoms with van der Waals surface area (Å²) in [7, 11) is 0. The zero-order valence-corrected chi connectivity index (χ0v) is 15.1. The highest BCUT2D eigenvalue weighted by Gasteiger charge is 2.11. The Morgan fingerprint density at radius 3 is 3.08 bits per heavy atom. The fourth-order valence-electron chi connectivity index (χ4n) is 2.00. The van der Waals surface area contributed by atoms with E-state index in [4.69, 9.17) is 11.6 Å². The van der Waals surface area contributed by atoms with E-state index in [1.165, 1.54) is 5.56 Å². The van der Waals surface area contributed by atoms with Crippen molar-refractivity contribution < 1.29 is 4.79 Å². The lowest BCUT2D eigenvalue weighted by atomic mass is 10.4. The van der Waals surface area contributed by atoms with Gasteiger partial charge in [-0.3, -0.25) is 9.78 Å². The summed E-state index contributed by atoms with van der Waals surface area (Å²) in [5.74, 6) is 1.62. The molecule has 24 heavy (non-hydrogen) atoms. The average molecular weight is 379 g/mol. The van der Waals surface area contributed by atoms with E-state index in [0.717, 1.165) is 17.2 Å². The molecule has 0 spiro atoms. The van der Waals surface area contributed by atoms with Gasteiger partial charge in [0.15, 0.2) is 5.15 Å². The normalized spacial score (nSPS) is 10.7. The van der Waals surface area contributed by atoms with Gasteiger partial charge in [-0.25, -0.2) is 4.68 Å². The number of amides is 1. The van der Waals surface area contributed by atoms with Crippen molar-refractivity contribution in [1.29, 1.82) is 0 Å². The van der Waals surface area contributed by atoms with Crippen molar-refractivity contribution in [2.75, 3.05) is 11.1 Å². The molecule has 0 aliphatic rings. The molecule has 0 aliphatic carbocycles. The van der Waals surface area contributed by atoms with Crippen LogP contribution in [0.25, 0.3) is 5.69 Å². The van der Waals surface area contributed by atoms with Gasteiger partial charge in [0.1, 0.15) is 0 Å². The number of nitrogens with one attached hydrogen (secondary N) is 1. The first-order valence-electron chi connectivity index (χ1n) is 7.26. The summed E-state index contributed by atoms with van der Waals surface area (Å²) in [6, 6.07) is 5.78. The molecule has 5 nitrogen and oxygen atoms in total.